The molecule has 1 atom stereocenters. The molecule has 2 heterocycles. The molecule has 0 bridgehead atoms. The number of rotatable bonds is 4. The van der Waals surface area contributed by atoms with Gasteiger partial charge in [-0.1, -0.05) is 6.92 Å². The molecule has 0 radical (unpaired) electrons. The van der Waals surface area contributed by atoms with Crippen LogP contribution in [0.3, 0.4) is 0 Å². The molecule has 1 aliphatic rings. The van der Waals surface area contributed by atoms with Gasteiger partial charge in [0, 0.05) is 25.9 Å². The normalized spacial score (nSPS) is 19.8. The van der Waals surface area contributed by atoms with Gasteiger partial charge in [0.2, 0.25) is 0 Å². The Morgan fingerprint density at radius 2 is 2.33 bits per heavy atom. The molecule has 100 valence electrons. The Labute approximate surface area is 108 Å². The first kappa shape index (κ1) is 13.1. The van der Waals surface area contributed by atoms with E-state index in [0.717, 1.165) is 31.6 Å². The first-order chi connectivity index (χ1) is 8.70. The largest absolute Gasteiger partial charge is 0.376 e. The molecule has 1 saturated heterocycles. The lowest BCUT2D eigenvalue weighted by Crippen LogP contribution is -2.37. The predicted molar refractivity (Wildman–Crippen MR) is 70.7 cm³/mol. The van der Waals surface area contributed by atoms with E-state index < -0.39 is 0 Å². The summed E-state index contributed by atoms with van der Waals surface area (Å²) in [6.45, 7) is 3.58. The zero-order valence-corrected chi connectivity index (χ0v) is 11.2. The second-order valence-electron chi connectivity index (χ2n) is 4.93. The van der Waals surface area contributed by atoms with Crippen molar-refractivity contribution in [3.63, 3.8) is 0 Å². The van der Waals surface area contributed by atoms with Crippen LogP contribution in [0.15, 0.2) is 12.1 Å². The molecule has 1 fully saturated rings. The molecule has 4 heteroatoms. The topological polar surface area (TPSA) is 45.3 Å². The highest BCUT2D eigenvalue weighted by Gasteiger charge is 2.20. The number of aromatic nitrogens is 1. The summed E-state index contributed by atoms with van der Waals surface area (Å²) in [5.41, 5.74) is 1.77. The van der Waals surface area contributed by atoms with Crippen LogP contribution in [0.1, 0.15) is 42.4 Å². The van der Waals surface area contributed by atoms with Crippen LogP contribution in [-0.4, -0.2) is 42.1 Å². The van der Waals surface area contributed by atoms with Crippen molar-refractivity contribution in [2.24, 2.45) is 0 Å². The summed E-state index contributed by atoms with van der Waals surface area (Å²) >= 11 is 0. The fourth-order valence-corrected chi connectivity index (χ4v) is 2.32. The highest BCUT2D eigenvalue weighted by atomic mass is 16.5. The van der Waals surface area contributed by atoms with Crippen molar-refractivity contribution in [1.82, 2.24) is 9.88 Å². The van der Waals surface area contributed by atoms with Crippen LogP contribution in [0, 0.1) is 0 Å². The van der Waals surface area contributed by atoms with Gasteiger partial charge in [0.05, 0.1) is 6.10 Å². The summed E-state index contributed by atoms with van der Waals surface area (Å²) in [6, 6.07) is 3.83. The zero-order valence-electron chi connectivity index (χ0n) is 11.2. The van der Waals surface area contributed by atoms with E-state index in [1.807, 2.05) is 19.2 Å². The number of carbonyl (C=O) groups is 1. The average Bonchev–Trinajstić information content (AvgIpc) is 2.87. The highest BCUT2D eigenvalue weighted by Crippen LogP contribution is 2.14. The molecule has 1 aliphatic heterocycles. The molecule has 0 aromatic carbocycles. The minimum atomic E-state index is 0.0453. The second kappa shape index (κ2) is 6.05. The number of nitrogens with one attached hydrogen (secondary N) is 1. The summed E-state index contributed by atoms with van der Waals surface area (Å²) in [5, 5.41) is 0. The Morgan fingerprint density at radius 1 is 1.50 bits per heavy atom. The summed E-state index contributed by atoms with van der Waals surface area (Å²) in [6.07, 6.45) is 4.53. The summed E-state index contributed by atoms with van der Waals surface area (Å²) < 4.78 is 5.66. The number of likely N-dealkylation sites (N-methyl/N-ethyl adjacent to an activating group) is 1. The predicted octanol–water partition coefficient (Wildman–Crippen LogP) is 2.22. The summed E-state index contributed by atoms with van der Waals surface area (Å²) in [4.78, 5) is 17.1. The molecule has 0 spiro atoms. The standard InChI is InChI=1S/C14H22N2O2/c1-3-11-7-8-13(15-11)14(17)16(2)10-12-6-4-5-9-18-12/h7-8,12,15H,3-6,9-10H2,1-2H3/t12-/m0/s1. The van der Waals surface area contributed by atoms with E-state index in [1.165, 1.54) is 6.42 Å². The number of hydrogen-bond donors (Lipinski definition) is 1. The van der Waals surface area contributed by atoms with Crippen LogP contribution >= 0.6 is 0 Å². The lowest BCUT2D eigenvalue weighted by atomic mass is 10.1. The Bertz CT molecular complexity index is 394. The van der Waals surface area contributed by atoms with Gasteiger partial charge in [0.25, 0.3) is 5.91 Å². The van der Waals surface area contributed by atoms with E-state index in [9.17, 15) is 4.79 Å². The molecular formula is C14H22N2O2. The fourth-order valence-electron chi connectivity index (χ4n) is 2.32. The van der Waals surface area contributed by atoms with Gasteiger partial charge in [0.15, 0.2) is 0 Å². The number of carbonyl (C=O) groups excluding carboxylic acids is 1. The number of hydrogen-bond acceptors (Lipinski definition) is 2. The van der Waals surface area contributed by atoms with E-state index in [2.05, 4.69) is 11.9 Å². The van der Waals surface area contributed by atoms with Crippen LogP contribution in [-0.2, 0) is 11.2 Å². The molecule has 1 amide bonds. The monoisotopic (exact) mass is 250 g/mol. The quantitative estimate of drug-likeness (QED) is 0.890. The third-order valence-corrected chi connectivity index (χ3v) is 3.46. The summed E-state index contributed by atoms with van der Waals surface area (Å²) in [5.74, 6) is 0.0453. The summed E-state index contributed by atoms with van der Waals surface area (Å²) in [7, 11) is 1.84. The maximum Gasteiger partial charge on any atom is 0.270 e. The van der Waals surface area contributed by atoms with Crippen molar-refractivity contribution in [1.29, 1.82) is 0 Å². The average molecular weight is 250 g/mol. The lowest BCUT2D eigenvalue weighted by Gasteiger charge is -2.27. The van der Waals surface area contributed by atoms with Gasteiger partial charge in [0.1, 0.15) is 5.69 Å². The van der Waals surface area contributed by atoms with Crippen molar-refractivity contribution in [2.75, 3.05) is 20.2 Å². The van der Waals surface area contributed by atoms with Crippen molar-refractivity contribution < 1.29 is 9.53 Å². The fraction of sp³-hybridized carbons (Fsp3) is 0.643. The third kappa shape index (κ3) is 3.13. The van der Waals surface area contributed by atoms with Crippen LogP contribution < -0.4 is 0 Å². The number of nitrogens with zero attached hydrogens (tertiary/aromatic N) is 1. The molecule has 1 aromatic heterocycles. The SMILES string of the molecule is CCc1ccc(C(=O)N(C)C[C@@H]2CCCCO2)[nH]1. The Morgan fingerprint density at radius 3 is 2.94 bits per heavy atom. The molecule has 0 unspecified atom stereocenters. The van der Waals surface area contributed by atoms with Gasteiger partial charge in [-0.3, -0.25) is 4.79 Å². The van der Waals surface area contributed by atoms with Gasteiger partial charge in [-0.2, -0.15) is 0 Å². The molecular weight excluding hydrogens is 228 g/mol. The zero-order chi connectivity index (χ0) is 13.0. The van der Waals surface area contributed by atoms with E-state index in [-0.39, 0.29) is 12.0 Å². The molecule has 4 nitrogen and oxygen atoms in total. The van der Waals surface area contributed by atoms with Crippen LogP contribution in [0.25, 0.3) is 0 Å². The molecule has 0 aliphatic carbocycles. The number of aromatic amines is 1. The minimum absolute atomic E-state index is 0.0453. The van der Waals surface area contributed by atoms with E-state index in [0.29, 0.717) is 12.2 Å². The first-order valence-corrected chi connectivity index (χ1v) is 6.75. The van der Waals surface area contributed by atoms with Crippen molar-refractivity contribution >= 4 is 5.91 Å². The number of ether oxygens (including phenoxy) is 1. The number of amides is 1. The van der Waals surface area contributed by atoms with Crippen molar-refractivity contribution in [2.45, 2.75) is 38.7 Å². The Hall–Kier alpha value is -1.29. The lowest BCUT2D eigenvalue weighted by molar-refractivity contribution is -0.000280. The molecule has 0 saturated carbocycles. The van der Waals surface area contributed by atoms with Crippen LogP contribution in [0.5, 0.6) is 0 Å². The minimum Gasteiger partial charge on any atom is -0.376 e. The van der Waals surface area contributed by atoms with Crippen LogP contribution in [0.2, 0.25) is 0 Å². The maximum absolute atomic E-state index is 12.2. The third-order valence-electron chi connectivity index (χ3n) is 3.46. The van der Waals surface area contributed by atoms with Gasteiger partial charge in [-0.05, 0) is 37.8 Å². The first-order valence-electron chi connectivity index (χ1n) is 6.75. The second-order valence-corrected chi connectivity index (χ2v) is 4.93. The number of H-pyrrole nitrogens is 1. The highest BCUT2D eigenvalue weighted by molar-refractivity contribution is 5.92. The number of aryl methyl sites for hydroxylation is 1. The smallest absolute Gasteiger partial charge is 0.270 e. The van der Waals surface area contributed by atoms with E-state index in [4.69, 9.17) is 4.74 Å². The Kier molecular flexibility index (Phi) is 4.42. The molecule has 1 N–H and O–H groups in total. The Balaban J connectivity index is 1.91. The molecule has 1 aromatic rings. The van der Waals surface area contributed by atoms with Gasteiger partial charge < -0.3 is 14.6 Å². The van der Waals surface area contributed by atoms with E-state index in [1.54, 1.807) is 4.90 Å². The maximum atomic E-state index is 12.2. The van der Waals surface area contributed by atoms with Crippen LogP contribution in [0.4, 0.5) is 0 Å². The van der Waals surface area contributed by atoms with Gasteiger partial charge >= 0.3 is 0 Å². The molecule has 2 rings (SSSR count). The van der Waals surface area contributed by atoms with Crippen molar-refractivity contribution in [3.05, 3.63) is 23.5 Å². The van der Waals surface area contributed by atoms with E-state index >= 15 is 0 Å². The molecule has 18 heavy (non-hydrogen) atoms. The van der Waals surface area contributed by atoms with Gasteiger partial charge in [-0.15, -0.1) is 0 Å². The van der Waals surface area contributed by atoms with Crippen molar-refractivity contribution in [3.8, 4) is 0 Å². The van der Waals surface area contributed by atoms with Gasteiger partial charge in [-0.25, -0.2) is 0 Å².